The lowest BCUT2D eigenvalue weighted by Gasteiger charge is -2.37. The van der Waals surface area contributed by atoms with Gasteiger partial charge in [-0.3, -0.25) is 24.1 Å². The second-order valence-corrected chi connectivity index (χ2v) is 10.8. The number of allylic oxidation sites excluding steroid dienone is 2. The molecule has 8 rings (SSSR count). The average Bonchev–Trinajstić information content (AvgIpc) is 3.55. The Labute approximate surface area is 208 Å². The fourth-order valence-corrected chi connectivity index (χ4v) is 6.99. The van der Waals surface area contributed by atoms with Crippen LogP contribution >= 0.6 is 0 Å². The summed E-state index contributed by atoms with van der Waals surface area (Å²) in [5.41, 5.74) is 2.33. The van der Waals surface area contributed by atoms with E-state index >= 15 is 0 Å². The minimum absolute atomic E-state index is 0.1000. The van der Waals surface area contributed by atoms with Gasteiger partial charge in [0.1, 0.15) is 5.75 Å². The zero-order valence-electron chi connectivity index (χ0n) is 19.9. The molecule has 2 aliphatic heterocycles. The summed E-state index contributed by atoms with van der Waals surface area (Å²) >= 11 is 0. The van der Waals surface area contributed by atoms with Crippen LogP contribution in [-0.2, 0) is 19.2 Å². The van der Waals surface area contributed by atoms with E-state index in [2.05, 4.69) is 12.2 Å². The molecular weight excluding hydrogens is 456 g/mol. The van der Waals surface area contributed by atoms with E-state index in [4.69, 9.17) is 4.74 Å². The van der Waals surface area contributed by atoms with Crippen molar-refractivity contribution < 1.29 is 23.9 Å². The lowest BCUT2D eigenvalue weighted by molar-refractivity contribution is -0.139. The van der Waals surface area contributed by atoms with E-state index in [0.29, 0.717) is 23.3 Å². The van der Waals surface area contributed by atoms with Crippen molar-refractivity contribution in [2.45, 2.75) is 19.8 Å². The molecule has 2 saturated heterocycles. The molecule has 0 N–H and O–H groups in total. The van der Waals surface area contributed by atoms with Crippen molar-refractivity contribution >= 4 is 35.1 Å². The molecule has 4 aliphatic carbocycles. The molecule has 0 unspecified atom stereocenters. The molecule has 0 aromatic heterocycles. The fourth-order valence-electron chi connectivity index (χ4n) is 6.99. The Morgan fingerprint density at radius 2 is 1.56 bits per heavy atom. The minimum atomic E-state index is -0.558. The maximum Gasteiger partial charge on any atom is 0.316 e. The number of hydrogen-bond acceptors (Lipinski definition) is 5. The van der Waals surface area contributed by atoms with Crippen LogP contribution in [0.5, 0.6) is 5.75 Å². The zero-order valence-corrected chi connectivity index (χ0v) is 19.9. The van der Waals surface area contributed by atoms with Crippen molar-refractivity contribution in [3.63, 3.8) is 0 Å². The van der Waals surface area contributed by atoms with Gasteiger partial charge in [0.2, 0.25) is 17.7 Å². The number of carbonyl (C=O) groups excluding carboxylic acids is 4. The summed E-state index contributed by atoms with van der Waals surface area (Å²) < 4.78 is 5.57. The Morgan fingerprint density at radius 3 is 2.19 bits per heavy atom. The maximum atomic E-state index is 13.3. The van der Waals surface area contributed by atoms with Gasteiger partial charge in [0.05, 0.1) is 23.4 Å². The van der Waals surface area contributed by atoms with E-state index in [-0.39, 0.29) is 54.4 Å². The Bertz CT molecular complexity index is 1310. The van der Waals surface area contributed by atoms with Gasteiger partial charge in [-0.25, -0.2) is 0 Å². The van der Waals surface area contributed by atoms with Crippen LogP contribution in [0.15, 0.2) is 60.7 Å². The number of ether oxygens (including phenoxy) is 1. The van der Waals surface area contributed by atoms with Gasteiger partial charge < -0.3 is 9.64 Å². The second-order valence-electron chi connectivity index (χ2n) is 10.8. The summed E-state index contributed by atoms with van der Waals surface area (Å²) in [7, 11) is 0. The molecule has 0 radical (unpaired) electrons. The third-order valence-corrected chi connectivity index (χ3v) is 8.75. The predicted octanol–water partition coefficient (Wildman–Crippen LogP) is 3.51. The highest BCUT2D eigenvalue weighted by Crippen LogP contribution is 2.65. The number of imide groups is 1. The predicted molar refractivity (Wildman–Crippen MR) is 131 cm³/mol. The van der Waals surface area contributed by atoms with Crippen LogP contribution in [0.4, 0.5) is 11.4 Å². The highest BCUT2D eigenvalue weighted by molar-refractivity contribution is 6.22. The molecule has 2 aromatic carbocycles. The first-order chi connectivity index (χ1) is 17.4. The van der Waals surface area contributed by atoms with Crippen LogP contribution in [0.2, 0.25) is 0 Å². The van der Waals surface area contributed by atoms with Crippen LogP contribution in [-0.4, -0.2) is 30.2 Å². The van der Waals surface area contributed by atoms with Gasteiger partial charge in [-0.05, 0) is 79.0 Å². The molecule has 36 heavy (non-hydrogen) atoms. The molecular formula is C29H26N2O5. The van der Waals surface area contributed by atoms with Crippen molar-refractivity contribution in [3.05, 3.63) is 66.2 Å². The van der Waals surface area contributed by atoms with Gasteiger partial charge >= 0.3 is 5.97 Å². The van der Waals surface area contributed by atoms with Crippen LogP contribution in [0, 0.1) is 48.3 Å². The molecule has 182 valence electrons. The zero-order chi connectivity index (χ0) is 24.7. The Hall–Kier alpha value is -3.74. The standard InChI is InChI=1S/C29H26N2O5/c1-15-3-2-4-18(11-15)30-14-16(12-24(30)32)29(35)36-19-7-5-17(6-8-19)31-27(33)25-20-9-10-21(23-13-22(20)23)26(25)28(31)34/h2-11,16,20-23,25-26H,12-14H2,1H3/t16-,20-,21-,22-,23-,25-,26+/m1/s1. The molecule has 7 heteroatoms. The van der Waals surface area contributed by atoms with E-state index in [1.54, 1.807) is 29.2 Å². The van der Waals surface area contributed by atoms with Crippen LogP contribution in [0.1, 0.15) is 18.4 Å². The summed E-state index contributed by atoms with van der Waals surface area (Å²) in [6.07, 6.45) is 5.55. The Kier molecular flexibility index (Phi) is 4.56. The Morgan fingerprint density at radius 1 is 0.889 bits per heavy atom. The summed E-state index contributed by atoms with van der Waals surface area (Å²) in [5.74, 6) is -0.0376. The third kappa shape index (κ3) is 3.11. The number of hydrogen-bond donors (Lipinski definition) is 0. The fraction of sp³-hybridized carbons (Fsp3) is 0.379. The van der Waals surface area contributed by atoms with Gasteiger partial charge in [-0.1, -0.05) is 24.3 Å². The van der Waals surface area contributed by atoms with Gasteiger partial charge in [0.25, 0.3) is 0 Å². The molecule has 4 fully saturated rings. The number of esters is 1. The number of aryl methyl sites for hydroxylation is 1. The number of nitrogens with zero attached hydrogens (tertiary/aromatic N) is 2. The first-order valence-electron chi connectivity index (χ1n) is 12.7. The molecule has 0 spiro atoms. The molecule has 6 aliphatic rings. The minimum Gasteiger partial charge on any atom is -0.426 e. The summed E-state index contributed by atoms with van der Waals surface area (Å²) in [6.45, 7) is 2.23. The van der Waals surface area contributed by atoms with Crippen molar-refractivity contribution in [2.24, 2.45) is 41.4 Å². The number of amides is 3. The molecule has 2 aromatic rings. The largest absolute Gasteiger partial charge is 0.426 e. The lowest BCUT2D eigenvalue weighted by Crippen LogP contribution is -2.40. The summed E-state index contributed by atoms with van der Waals surface area (Å²) in [5, 5.41) is 0. The second kappa shape index (κ2) is 7.63. The van der Waals surface area contributed by atoms with E-state index < -0.39 is 11.9 Å². The summed E-state index contributed by atoms with van der Waals surface area (Å²) in [6, 6.07) is 14.2. The smallest absolute Gasteiger partial charge is 0.316 e. The number of rotatable bonds is 4. The third-order valence-electron chi connectivity index (χ3n) is 8.75. The van der Waals surface area contributed by atoms with E-state index in [1.807, 2.05) is 31.2 Å². The normalized spacial score (nSPS) is 33.7. The van der Waals surface area contributed by atoms with Gasteiger partial charge in [0, 0.05) is 18.7 Å². The van der Waals surface area contributed by atoms with Crippen LogP contribution in [0.25, 0.3) is 0 Å². The highest BCUT2D eigenvalue weighted by atomic mass is 16.5. The average molecular weight is 483 g/mol. The van der Waals surface area contributed by atoms with Gasteiger partial charge in [0.15, 0.2) is 0 Å². The van der Waals surface area contributed by atoms with Gasteiger partial charge in [-0.15, -0.1) is 0 Å². The molecule has 2 heterocycles. The van der Waals surface area contributed by atoms with Crippen molar-refractivity contribution in [2.75, 3.05) is 16.3 Å². The molecule has 2 saturated carbocycles. The van der Waals surface area contributed by atoms with E-state index in [1.165, 1.54) is 4.90 Å². The Balaban J connectivity index is 1.04. The first kappa shape index (κ1) is 21.5. The number of anilines is 2. The summed E-state index contributed by atoms with van der Waals surface area (Å²) in [4.78, 5) is 54.9. The molecule has 7 nitrogen and oxygen atoms in total. The van der Waals surface area contributed by atoms with Crippen LogP contribution in [0.3, 0.4) is 0 Å². The molecule has 7 atom stereocenters. The van der Waals surface area contributed by atoms with E-state index in [9.17, 15) is 19.2 Å². The topological polar surface area (TPSA) is 84.0 Å². The molecule has 2 bridgehead atoms. The maximum absolute atomic E-state index is 13.3. The molecule has 3 amide bonds. The van der Waals surface area contributed by atoms with Crippen molar-refractivity contribution in [3.8, 4) is 5.75 Å². The van der Waals surface area contributed by atoms with E-state index in [0.717, 1.165) is 17.7 Å². The highest BCUT2D eigenvalue weighted by Gasteiger charge is 2.67. The number of benzene rings is 2. The van der Waals surface area contributed by atoms with Crippen molar-refractivity contribution in [1.29, 1.82) is 0 Å². The number of carbonyl (C=O) groups is 4. The van der Waals surface area contributed by atoms with Crippen molar-refractivity contribution in [1.82, 2.24) is 0 Å². The van der Waals surface area contributed by atoms with Gasteiger partial charge in [-0.2, -0.15) is 0 Å². The first-order valence-corrected chi connectivity index (χ1v) is 12.7. The van der Waals surface area contributed by atoms with Crippen LogP contribution < -0.4 is 14.5 Å². The quantitative estimate of drug-likeness (QED) is 0.288. The lowest BCUT2D eigenvalue weighted by atomic mass is 9.63. The monoisotopic (exact) mass is 482 g/mol. The SMILES string of the molecule is Cc1cccc(N2C[C@H](C(=O)Oc3ccc(N4C(=O)[C@@H]5[C@@H]6C=C[C@H]([C@H]7C[C@H]67)[C@@H]5C4=O)cc3)CC2=O)c1.